The Kier molecular flexibility index (Phi) is 6.19. The highest BCUT2D eigenvalue weighted by Gasteiger charge is 2.23. The van der Waals surface area contributed by atoms with Gasteiger partial charge in [0.15, 0.2) is 0 Å². The molecule has 2 aromatic rings. The first-order valence-corrected chi connectivity index (χ1v) is 9.05. The van der Waals surface area contributed by atoms with Gasteiger partial charge >= 0.3 is 0 Å². The number of benzene rings is 1. The molecule has 1 aromatic carbocycles. The van der Waals surface area contributed by atoms with Crippen LogP contribution in [0.15, 0.2) is 18.2 Å². The zero-order chi connectivity index (χ0) is 18.5. The van der Waals surface area contributed by atoms with Gasteiger partial charge in [0.2, 0.25) is 11.7 Å². The molecule has 0 radical (unpaired) electrons. The topological polar surface area (TPSA) is 39.1 Å². The van der Waals surface area contributed by atoms with E-state index < -0.39 is 17.5 Å². The van der Waals surface area contributed by atoms with Gasteiger partial charge in [0.05, 0.1) is 0 Å². The standard InChI is InChI=1S/C19H24F3N3O/c1-23-10-17-18(22)19(25(24-17)11-13-5-3-2-4-6-13)26-12-14-9-15(20)7-8-16(14)21/h7-9,13,23H,2-6,10-12H2,1H3. The Labute approximate surface area is 151 Å². The van der Waals surface area contributed by atoms with Gasteiger partial charge in [-0.2, -0.15) is 9.49 Å². The molecule has 1 N–H and O–H groups in total. The molecular formula is C19H24F3N3O. The second kappa shape index (κ2) is 8.58. The molecule has 3 rings (SSSR count). The van der Waals surface area contributed by atoms with Crippen LogP contribution < -0.4 is 10.1 Å². The van der Waals surface area contributed by atoms with Crippen molar-refractivity contribution in [2.45, 2.75) is 51.8 Å². The third-order valence-corrected chi connectivity index (χ3v) is 4.79. The number of hydrogen-bond acceptors (Lipinski definition) is 3. The lowest BCUT2D eigenvalue weighted by molar-refractivity contribution is 0.233. The minimum atomic E-state index is -0.583. The number of halogens is 3. The summed E-state index contributed by atoms with van der Waals surface area (Å²) in [5.41, 5.74) is 0.308. The molecule has 0 amide bonds. The lowest BCUT2D eigenvalue weighted by Crippen LogP contribution is -2.17. The van der Waals surface area contributed by atoms with Crippen molar-refractivity contribution in [2.24, 2.45) is 5.92 Å². The normalized spacial score (nSPS) is 15.4. The van der Waals surface area contributed by atoms with E-state index in [1.165, 1.54) is 23.9 Å². The van der Waals surface area contributed by atoms with Crippen molar-refractivity contribution in [2.75, 3.05) is 7.05 Å². The lowest BCUT2D eigenvalue weighted by atomic mass is 9.89. The monoisotopic (exact) mass is 367 g/mol. The summed E-state index contributed by atoms with van der Waals surface area (Å²) < 4.78 is 48.9. The van der Waals surface area contributed by atoms with Crippen LogP contribution in [0, 0.1) is 23.4 Å². The highest BCUT2D eigenvalue weighted by Crippen LogP contribution is 2.29. The summed E-state index contributed by atoms with van der Waals surface area (Å²) in [5, 5.41) is 7.21. The molecule has 26 heavy (non-hydrogen) atoms. The van der Waals surface area contributed by atoms with Crippen molar-refractivity contribution in [1.29, 1.82) is 0 Å². The fourth-order valence-corrected chi connectivity index (χ4v) is 3.43. The Balaban J connectivity index is 1.80. The number of nitrogens with one attached hydrogen (secondary N) is 1. The van der Waals surface area contributed by atoms with E-state index in [2.05, 4.69) is 10.4 Å². The maximum atomic E-state index is 14.7. The first kappa shape index (κ1) is 18.8. The van der Waals surface area contributed by atoms with Gasteiger partial charge < -0.3 is 10.1 Å². The molecule has 1 aromatic heterocycles. The predicted molar refractivity (Wildman–Crippen MR) is 92.2 cm³/mol. The third-order valence-electron chi connectivity index (χ3n) is 4.79. The van der Waals surface area contributed by atoms with Crippen LogP contribution in [0.2, 0.25) is 0 Å². The zero-order valence-electron chi connectivity index (χ0n) is 14.9. The van der Waals surface area contributed by atoms with Crippen LogP contribution in [0.5, 0.6) is 5.88 Å². The molecular weight excluding hydrogens is 343 g/mol. The molecule has 0 atom stereocenters. The summed E-state index contributed by atoms with van der Waals surface area (Å²) in [6.45, 7) is 0.589. The maximum absolute atomic E-state index is 14.7. The highest BCUT2D eigenvalue weighted by atomic mass is 19.1. The van der Waals surface area contributed by atoms with Gasteiger partial charge in [0.1, 0.15) is 23.9 Å². The van der Waals surface area contributed by atoms with Crippen LogP contribution >= 0.6 is 0 Å². The molecule has 142 valence electrons. The van der Waals surface area contributed by atoms with E-state index in [-0.39, 0.29) is 30.3 Å². The molecule has 0 aliphatic heterocycles. The zero-order valence-corrected chi connectivity index (χ0v) is 14.9. The molecule has 1 heterocycles. The van der Waals surface area contributed by atoms with Gasteiger partial charge in [-0.15, -0.1) is 0 Å². The van der Waals surface area contributed by atoms with E-state index in [1.54, 1.807) is 7.05 Å². The van der Waals surface area contributed by atoms with Crippen molar-refractivity contribution in [3.8, 4) is 5.88 Å². The summed E-state index contributed by atoms with van der Waals surface area (Å²) in [4.78, 5) is 0. The van der Waals surface area contributed by atoms with Crippen LogP contribution in [0.4, 0.5) is 13.2 Å². The van der Waals surface area contributed by atoms with Gasteiger partial charge in [0.25, 0.3) is 0 Å². The van der Waals surface area contributed by atoms with E-state index in [0.29, 0.717) is 12.5 Å². The summed E-state index contributed by atoms with van der Waals surface area (Å²) in [5.74, 6) is -1.27. The lowest BCUT2D eigenvalue weighted by Gasteiger charge is -2.22. The van der Waals surface area contributed by atoms with Crippen LogP contribution in [0.25, 0.3) is 0 Å². The molecule has 0 bridgehead atoms. The first-order chi connectivity index (χ1) is 12.6. The summed E-state index contributed by atoms with van der Waals surface area (Å²) in [6.07, 6.45) is 5.74. The molecule has 1 aliphatic carbocycles. The van der Waals surface area contributed by atoms with E-state index >= 15 is 0 Å². The molecule has 0 unspecified atom stereocenters. The fraction of sp³-hybridized carbons (Fsp3) is 0.526. The Morgan fingerprint density at radius 1 is 1.19 bits per heavy atom. The second-order valence-electron chi connectivity index (χ2n) is 6.81. The summed E-state index contributed by atoms with van der Waals surface area (Å²) >= 11 is 0. The fourth-order valence-electron chi connectivity index (χ4n) is 3.43. The SMILES string of the molecule is CNCc1nn(CC2CCCCC2)c(OCc2cc(F)ccc2F)c1F. The predicted octanol–water partition coefficient (Wildman–Crippen LogP) is 4.18. The summed E-state index contributed by atoms with van der Waals surface area (Å²) in [6, 6.07) is 3.14. The van der Waals surface area contributed by atoms with Gasteiger partial charge in [-0.25, -0.2) is 13.5 Å². The molecule has 0 saturated heterocycles. The van der Waals surface area contributed by atoms with Crippen LogP contribution in [-0.4, -0.2) is 16.8 Å². The van der Waals surface area contributed by atoms with Crippen molar-refractivity contribution in [1.82, 2.24) is 15.1 Å². The molecule has 7 heteroatoms. The van der Waals surface area contributed by atoms with E-state index in [0.717, 1.165) is 31.0 Å². The van der Waals surface area contributed by atoms with Gasteiger partial charge in [-0.05, 0) is 44.0 Å². The first-order valence-electron chi connectivity index (χ1n) is 9.05. The maximum Gasteiger partial charge on any atom is 0.249 e. The van der Waals surface area contributed by atoms with Crippen LogP contribution in [0.3, 0.4) is 0 Å². The number of nitrogens with zero attached hydrogens (tertiary/aromatic N) is 2. The van der Waals surface area contributed by atoms with E-state index in [4.69, 9.17) is 4.74 Å². The van der Waals surface area contributed by atoms with Crippen LogP contribution in [0.1, 0.15) is 43.4 Å². The number of ether oxygens (including phenoxy) is 1. The average molecular weight is 367 g/mol. The number of rotatable bonds is 7. The van der Waals surface area contributed by atoms with Crippen molar-refractivity contribution < 1.29 is 17.9 Å². The van der Waals surface area contributed by atoms with Gasteiger partial charge in [0, 0.05) is 18.7 Å². The second-order valence-corrected chi connectivity index (χ2v) is 6.81. The molecule has 1 saturated carbocycles. The molecule has 4 nitrogen and oxygen atoms in total. The minimum absolute atomic E-state index is 0.00974. The van der Waals surface area contributed by atoms with E-state index in [1.807, 2.05) is 0 Å². The minimum Gasteiger partial charge on any atom is -0.471 e. The van der Waals surface area contributed by atoms with Crippen molar-refractivity contribution >= 4 is 0 Å². The van der Waals surface area contributed by atoms with Gasteiger partial charge in [-0.1, -0.05) is 19.3 Å². The number of aromatic nitrogens is 2. The molecule has 0 spiro atoms. The van der Waals surface area contributed by atoms with Crippen molar-refractivity contribution in [3.63, 3.8) is 0 Å². The van der Waals surface area contributed by atoms with Crippen LogP contribution in [-0.2, 0) is 19.7 Å². The quantitative estimate of drug-likeness (QED) is 0.798. The molecule has 1 fully saturated rings. The highest BCUT2D eigenvalue weighted by molar-refractivity contribution is 5.22. The Hall–Kier alpha value is -2.02. The molecule has 1 aliphatic rings. The van der Waals surface area contributed by atoms with E-state index in [9.17, 15) is 13.2 Å². The number of hydrogen-bond donors (Lipinski definition) is 1. The Morgan fingerprint density at radius 2 is 1.96 bits per heavy atom. The smallest absolute Gasteiger partial charge is 0.249 e. The summed E-state index contributed by atoms with van der Waals surface area (Å²) in [7, 11) is 1.71. The Bertz CT molecular complexity index is 742. The van der Waals surface area contributed by atoms with Gasteiger partial charge in [-0.3, -0.25) is 0 Å². The average Bonchev–Trinajstić information content (AvgIpc) is 2.92. The van der Waals surface area contributed by atoms with Crippen molar-refractivity contribution in [3.05, 3.63) is 46.9 Å². The third kappa shape index (κ3) is 4.38. The largest absolute Gasteiger partial charge is 0.471 e. The Morgan fingerprint density at radius 3 is 2.69 bits per heavy atom.